The van der Waals surface area contributed by atoms with E-state index in [0.29, 0.717) is 31.9 Å². The smallest absolute Gasteiger partial charge is 0.313 e. The molecule has 1 N–H and O–H groups in total. The van der Waals surface area contributed by atoms with Crippen molar-refractivity contribution in [2.75, 3.05) is 31.5 Å². The predicted octanol–water partition coefficient (Wildman–Crippen LogP) is 3.56. The Balaban J connectivity index is 1.43. The van der Waals surface area contributed by atoms with Gasteiger partial charge in [-0.1, -0.05) is 78.9 Å². The second-order valence-electron chi connectivity index (χ2n) is 7.37. The molecule has 0 bridgehead atoms. The zero-order valence-electron chi connectivity index (χ0n) is 16.8. The van der Waals surface area contributed by atoms with Gasteiger partial charge < -0.3 is 10.2 Å². The number of anilines is 1. The van der Waals surface area contributed by atoms with Gasteiger partial charge in [0.1, 0.15) is 0 Å². The van der Waals surface area contributed by atoms with Crippen LogP contribution in [0, 0.1) is 0 Å². The van der Waals surface area contributed by atoms with Gasteiger partial charge in [0.05, 0.1) is 6.04 Å². The first-order valence-electron chi connectivity index (χ1n) is 10.2. The number of benzene rings is 3. The van der Waals surface area contributed by atoms with Gasteiger partial charge >= 0.3 is 11.8 Å². The molecule has 5 nitrogen and oxygen atoms in total. The van der Waals surface area contributed by atoms with Gasteiger partial charge in [0.2, 0.25) is 0 Å². The Kier molecular flexibility index (Phi) is 6.20. The van der Waals surface area contributed by atoms with E-state index in [1.165, 1.54) is 11.1 Å². The molecule has 0 unspecified atom stereocenters. The van der Waals surface area contributed by atoms with Gasteiger partial charge in [-0.15, -0.1) is 0 Å². The van der Waals surface area contributed by atoms with Gasteiger partial charge in [-0.3, -0.25) is 14.5 Å². The van der Waals surface area contributed by atoms with E-state index in [0.717, 1.165) is 0 Å². The molecule has 1 aliphatic rings. The molecular formula is C25H25N3O2. The van der Waals surface area contributed by atoms with Crippen LogP contribution in [0.2, 0.25) is 0 Å². The quantitative estimate of drug-likeness (QED) is 0.683. The average Bonchev–Trinajstić information content (AvgIpc) is 2.81. The minimum Gasteiger partial charge on any atom is -0.332 e. The maximum absolute atomic E-state index is 12.6. The summed E-state index contributed by atoms with van der Waals surface area (Å²) in [7, 11) is 0. The van der Waals surface area contributed by atoms with E-state index < -0.39 is 11.8 Å². The second-order valence-corrected chi connectivity index (χ2v) is 7.37. The highest BCUT2D eigenvalue weighted by Crippen LogP contribution is 2.29. The van der Waals surface area contributed by atoms with E-state index in [-0.39, 0.29) is 6.04 Å². The molecule has 5 heteroatoms. The van der Waals surface area contributed by atoms with Crippen molar-refractivity contribution in [3.63, 3.8) is 0 Å². The van der Waals surface area contributed by atoms with Gasteiger partial charge in [-0.25, -0.2) is 0 Å². The summed E-state index contributed by atoms with van der Waals surface area (Å²) in [4.78, 5) is 29.0. The Bertz CT molecular complexity index is 930. The molecule has 0 saturated carbocycles. The highest BCUT2D eigenvalue weighted by Gasteiger charge is 2.30. The van der Waals surface area contributed by atoms with Crippen molar-refractivity contribution in [3.05, 3.63) is 102 Å². The topological polar surface area (TPSA) is 52.7 Å². The van der Waals surface area contributed by atoms with Crippen LogP contribution in [0.4, 0.5) is 5.69 Å². The lowest BCUT2D eigenvalue weighted by molar-refractivity contribution is -0.144. The lowest BCUT2D eigenvalue weighted by atomic mass is 9.96. The Labute approximate surface area is 176 Å². The van der Waals surface area contributed by atoms with E-state index in [1.54, 1.807) is 17.0 Å². The van der Waals surface area contributed by atoms with Crippen LogP contribution < -0.4 is 5.32 Å². The molecule has 3 aromatic carbocycles. The van der Waals surface area contributed by atoms with Crippen LogP contribution in [0.15, 0.2) is 91.0 Å². The molecule has 152 valence electrons. The van der Waals surface area contributed by atoms with Crippen LogP contribution in [-0.2, 0) is 9.59 Å². The summed E-state index contributed by atoms with van der Waals surface area (Å²) in [6, 6.07) is 30.0. The standard InChI is InChI=1S/C25H25N3O2/c29-24(26-22-14-8-3-9-15-22)25(30)28-18-16-27(17-19-28)23(20-10-4-1-5-11-20)21-12-6-2-7-13-21/h1-15,23H,16-19H2,(H,26,29). The number of hydrogen-bond acceptors (Lipinski definition) is 3. The van der Waals surface area contributed by atoms with E-state index >= 15 is 0 Å². The van der Waals surface area contributed by atoms with Gasteiger partial charge in [0.15, 0.2) is 0 Å². The van der Waals surface area contributed by atoms with E-state index in [4.69, 9.17) is 0 Å². The fourth-order valence-corrected chi connectivity index (χ4v) is 3.92. The highest BCUT2D eigenvalue weighted by molar-refractivity contribution is 6.39. The molecule has 1 aliphatic heterocycles. The zero-order chi connectivity index (χ0) is 20.8. The van der Waals surface area contributed by atoms with Crippen LogP contribution in [0.5, 0.6) is 0 Å². The average molecular weight is 399 g/mol. The number of amides is 2. The maximum atomic E-state index is 12.6. The van der Waals surface area contributed by atoms with Crippen molar-refractivity contribution >= 4 is 17.5 Å². The van der Waals surface area contributed by atoms with Gasteiger partial charge in [-0.2, -0.15) is 0 Å². The number of para-hydroxylation sites is 1. The summed E-state index contributed by atoms with van der Waals surface area (Å²) in [5.41, 5.74) is 3.08. The van der Waals surface area contributed by atoms with E-state index in [1.807, 2.05) is 30.3 Å². The van der Waals surface area contributed by atoms with Gasteiger partial charge in [0.25, 0.3) is 0 Å². The molecule has 0 spiro atoms. The van der Waals surface area contributed by atoms with E-state index in [2.05, 4.69) is 58.7 Å². The molecule has 0 aliphatic carbocycles. The summed E-state index contributed by atoms with van der Waals surface area (Å²) in [6.45, 7) is 2.46. The predicted molar refractivity (Wildman–Crippen MR) is 118 cm³/mol. The fourth-order valence-electron chi connectivity index (χ4n) is 3.92. The maximum Gasteiger partial charge on any atom is 0.313 e. The van der Waals surface area contributed by atoms with Crippen molar-refractivity contribution in [2.45, 2.75) is 6.04 Å². The fraction of sp³-hybridized carbons (Fsp3) is 0.200. The number of nitrogens with one attached hydrogen (secondary N) is 1. The minimum atomic E-state index is -0.586. The van der Waals surface area contributed by atoms with Crippen molar-refractivity contribution in [2.24, 2.45) is 0 Å². The summed E-state index contributed by atoms with van der Waals surface area (Å²) in [5.74, 6) is -1.06. The lowest BCUT2D eigenvalue weighted by Gasteiger charge is -2.39. The molecule has 30 heavy (non-hydrogen) atoms. The Morgan fingerprint density at radius 3 is 1.63 bits per heavy atom. The molecule has 1 heterocycles. The number of piperazine rings is 1. The third kappa shape index (κ3) is 4.58. The number of carbonyl (C=O) groups is 2. The first kappa shape index (κ1) is 19.9. The molecule has 0 radical (unpaired) electrons. The Morgan fingerprint density at radius 2 is 1.13 bits per heavy atom. The number of carbonyl (C=O) groups excluding carboxylic acids is 2. The lowest BCUT2D eigenvalue weighted by Crippen LogP contribution is -2.52. The first-order chi connectivity index (χ1) is 14.7. The number of rotatable bonds is 4. The third-order valence-electron chi connectivity index (χ3n) is 5.42. The number of nitrogens with zero attached hydrogens (tertiary/aromatic N) is 2. The van der Waals surface area contributed by atoms with Crippen molar-refractivity contribution in [3.8, 4) is 0 Å². The van der Waals surface area contributed by atoms with Crippen LogP contribution in [0.1, 0.15) is 17.2 Å². The molecule has 1 fully saturated rings. The van der Waals surface area contributed by atoms with Crippen LogP contribution in [0.25, 0.3) is 0 Å². The molecule has 2 amide bonds. The molecule has 0 atom stereocenters. The molecular weight excluding hydrogens is 374 g/mol. The molecule has 3 aromatic rings. The van der Waals surface area contributed by atoms with E-state index in [9.17, 15) is 9.59 Å². The van der Waals surface area contributed by atoms with Gasteiger partial charge in [-0.05, 0) is 23.3 Å². The van der Waals surface area contributed by atoms with Crippen molar-refractivity contribution in [1.82, 2.24) is 9.80 Å². The normalized spacial score (nSPS) is 14.5. The SMILES string of the molecule is O=C(Nc1ccccc1)C(=O)N1CCN(C(c2ccccc2)c2ccccc2)CC1. The molecule has 0 aromatic heterocycles. The summed E-state index contributed by atoms with van der Waals surface area (Å²) < 4.78 is 0. The zero-order valence-corrected chi connectivity index (χ0v) is 16.8. The summed E-state index contributed by atoms with van der Waals surface area (Å²) in [5, 5.41) is 2.68. The Morgan fingerprint density at radius 1 is 0.667 bits per heavy atom. The summed E-state index contributed by atoms with van der Waals surface area (Å²) in [6.07, 6.45) is 0. The second kappa shape index (κ2) is 9.37. The van der Waals surface area contributed by atoms with Crippen LogP contribution in [0.3, 0.4) is 0 Å². The third-order valence-corrected chi connectivity index (χ3v) is 5.42. The first-order valence-corrected chi connectivity index (χ1v) is 10.2. The van der Waals surface area contributed by atoms with Crippen molar-refractivity contribution in [1.29, 1.82) is 0 Å². The molecule has 4 rings (SSSR count). The largest absolute Gasteiger partial charge is 0.332 e. The van der Waals surface area contributed by atoms with Crippen LogP contribution in [-0.4, -0.2) is 47.8 Å². The van der Waals surface area contributed by atoms with Gasteiger partial charge in [0, 0.05) is 31.9 Å². The van der Waals surface area contributed by atoms with Crippen molar-refractivity contribution < 1.29 is 9.59 Å². The molecule has 1 saturated heterocycles. The summed E-state index contributed by atoms with van der Waals surface area (Å²) >= 11 is 0. The Hall–Kier alpha value is -3.44. The van der Waals surface area contributed by atoms with Crippen LogP contribution >= 0.6 is 0 Å². The monoisotopic (exact) mass is 399 g/mol. The highest BCUT2D eigenvalue weighted by atomic mass is 16.2. The number of hydrogen-bond donors (Lipinski definition) is 1. The minimum absolute atomic E-state index is 0.128.